The van der Waals surface area contributed by atoms with E-state index in [0.29, 0.717) is 34.2 Å². The Morgan fingerprint density at radius 1 is 1.06 bits per heavy atom. The molecule has 0 spiro atoms. The molecule has 9 heteroatoms. The fraction of sp³-hybridized carbons (Fsp3) is 0.0833. The number of amides is 2. The summed E-state index contributed by atoms with van der Waals surface area (Å²) in [6.45, 7) is 2.06. The molecule has 0 atom stereocenters. The van der Waals surface area contributed by atoms with Crippen LogP contribution >= 0.6 is 24.0 Å². The minimum atomic E-state index is -0.439. The van der Waals surface area contributed by atoms with Gasteiger partial charge in [-0.1, -0.05) is 42.1 Å². The number of furan rings is 1. The van der Waals surface area contributed by atoms with Gasteiger partial charge in [0.25, 0.3) is 11.8 Å². The molecule has 3 aromatic rings. The zero-order valence-corrected chi connectivity index (χ0v) is 19.1. The van der Waals surface area contributed by atoms with E-state index < -0.39 is 11.8 Å². The number of ether oxygens (including phenoxy) is 1. The van der Waals surface area contributed by atoms with E-state index in [2.05, 4.69) is 5.43 Å². The highest BCUT2D eigenvalue weighted by molar-refractivity contribution is 8.26. The quantitative estimate of drug-likeness (QED) is 0.313. The molecule has 1 saturated heterocycles. The van der Waals surface area contributed by atoms with Gasteiger partial charge < -0.3 is 9.15 Å². The predicted molar refractivity (Wildman–Crippen MR) is 129 cm³/mol. The second kappa shape index (κ2) is 9.85. The maximum absolute atomic E-state index is 12.8. The van der Waals surface area contributed by atoms with Crippen LogP contribution in [0.15, 0.2) is 76.1 Å². The molecule has 2 amide bonds. The van der Waals surface area contributed by atoms with Gasteiger partial charge in [-0.15, -0.1) is 0 Å². The van der Waals surface area contributed by atoms with Crippen LogP contribution in [-0.2, 0) is 9.53 Å². The van der Waals surface area contributed by atoms with Crippen LogP contribution in [0.1, 0.15) is 33.4 Å². The molecule has 1 aliphatic heterocycles. The van der Waals surface area contributed by atoms with Gasteiger partial charge >= 0.3 is 5.97 Å². The molecule has 7 nitrogen and oxygen atoms in total. The van der Waals surface area contributed by atoms with Crippen molar-refractivity contribution in [1.82, 2.24) is 10.4 Å². The van der Waals surface area contributed by atoms with Gasteiger partial charge in [0.05, 0.1) is 17.1 Å². The molecular formula is C24H18N2O5S2. The number of hydrazine groups is 1. The fourth-order valence-corrected chi connectivity index (χ4v) is 4.18. The molecule has 1 fully saturated rings. The average Bonchev–Trinajstić information content (AvgIpc) is 3.40. The zero-order chi connectivity index (χ0) is 23.4. The molecule has 2 heterocycles. The largest absolute Gasteiger partial charge is 0.462 e. The number of nitrogens with one attached hydrogen (secondary N) is 1. The van der Waals surface area contributed by atoms with Gasteiger partial charge in [0.2, 0.25) is 0 Å². The maximum atomic E-state index is 12.8. The van der Waals surface area contributed by atoms with Crippen molar-refractivity contribution in [3.8, 4) is 11.3 Å². The van der Waals surface area contributed by atoms with Crippen molar-refractivity contribution in [3.05, 3.63) is 88.5 Å². The SMILES string of the molecule is CCOC(=O)c1ccc(-c2ccc(/C=C3/SC(=S)N(NC(=O)c4ccccc4)C3=O)o2)cc1. The van der Waals surface area contributed by atoms with Gasteiger partial charge in [0, 0.05) is 17.2 Å². The summed E-state index contributed by atoms with van der Waals surface area (Å²) in [6.07, 6.45) is 1.57. The number of hydrogen-bond donors (Lipinski definition) is 1. The Morgan fingerprint density at radius 3 is 2.48 bits per heavy atom. The highest BCUT2D eigenvalue weighted by atomic mass is 32.2. The van der Waals surface area contributed by atoms with E-state index in [-0.39, 0.29) is 10.3 Å². The van der Waals surface area contributed by atoms with Crippen molar-refractivity contribution in [3.63, 3.8) is 0 Å². The molecule has 1 aromatic heterocycles. The predicted octanol–water partition coefficient (Wildman–Crippen LogP) is 4.67. The molecule has 166 valence electrons. The summed E-state index contributed by atoms with van der Waals surface area (Å²) in [5.41, 5.74) is 4.18. The molecule has 0 unspecified atom stereocenters. The number of benzene rings is 2. The summed E-state index contributed by atoms with van der Waals surface area (Å²) in [4.78, 5) is 37.3. The van der Waals surface area contributed by atoms with Crippen molar-refractivity contribution in [1.29, 1.82) is 0 Å². The number of thiocarbonyl (C=S) groups is 1. The van der Waals surface area contributed by atoms with Gasteiger partial charge in [0.1, 0.15) is 11.5 Å². The van der Waals surface area contributed by atoms with Gasteiger partial charge in [-0.2, -0.15) is 5.01 Å². The number of nitrogens with zero attached hydrogens (tertiary/aromatic N) is 1. The number of carbonyl (C=O) groups is 3. The lowest BCUT2D eigenvalue weighted by Gasteiger charge is -2.15. The number of rotatable bonds is 6. The van der Waals surface area contributed by atoms with E-state index in [1.165, 1.54) is 0 Å². The van der Waals surface area contributed by atoms with E-state index in [1.54, 1.807) is 79.7 Å². The molecule has 4 rings (SSSR count). The Labute approximate surface area is 199 Å². The first-order valence-electron chi connectivity index (χ1n) is 9.97. The van der Waals surface area contributed by atoms with E-state index in [4.69, 9.17) is 21.4 Å². The second-order valence-corrected chi connectivity index (χ2v) is 8.50. The minimum absolute atomic E-state index is 0.219. The first-order chi connectivity index (χ1) is 16.0. The van der Waals surface area contributed by atoms with Crippen molar-refractivity contribution in [2.24, 2.45) is 0 Å². The third-order valence-corrected chi connectivity index (χ3v) is 5.93. The Bertz CT molecular complexity index is 1250. The standard InChI is InChI=1S/C24H18N2O5S2/c1-2-30-23(29)17-10-8-15(9-11-17)19-13-12-18(31-19)14-20-22(28)26(24(32)33-20)25-21(27)16-6-4-3-5-7-16/h3-14H,2H2,1H3,(H,25,27)/b20-14+. The highest BCUT2D eigenvalue weighted by Crippen LogP contribution is 2.33. The van der Waals surface area contributed by atoms with E-state index in [1.807, 2.05) is 0 Å². The topological polar surface area (TPSA) is 88.9 Å². The molecule has 0 aliphatic carbocycles. The number of thioether (sulfide) groups is 1. The smallest absolute Gasteiger partial charge is 0.338 e. The number of esters is 1. The van der Waals surface area contributed by atoms with Crippen LogP contribution in [0.25, 0.3) is 17.4 Å². The fourth-order valence-electron chi connectivity index (χ4n) is 3.02. The monoisotopic (exact) mass is 478 g/mol. The molecule has 1 N–H and O–H groups in total. The summed E-state index contributed by atoms with van der Waals surface area (Å²) < 4.78 is 11.0. The van der Waals surface area contributed by atoms with Gasteiger partial charge in [-0.3, -0.25) is 15.0 Å². The van der Waals surface area contributed by atoms with Crippen LogP contribution in [0.2, 0.25) is 0 Å². The molecule has 2 aromatic carbocycles. The zero-order valence-electron chi connectivity index (χ0n) is 17.4. The summed E-state index contributed by atoms with van der Waals surface area (Å²) in [6, 6.07) is 18.9. The number of carbonyl (C=O) groups excluding carboxylic acids is 3. The van der Waals surface area contributed by atoms with E-state index in [0.717, 1.165) is 22.3 Å². The Morgan fingerprint density at radius 2 is 1.79 bits per heavy atom. The Balaban J connectivity index is 1.47. The van der Waals surface area contributed by atoms with Crippen molar-refractivity contribution in [2.75, 3.05) is 6.61 Å². The maximum Gasteiger partial charge on any atom is 0.338 e. The molecule has 0 saturated carbocycles. The van der Waals surface area contributed by atoms with Crippen molar-refractivity contribution in [2.45, 2.75) is 6.92 Å². The normalized spacial score (nSPS) is 14.6. The lowest BCUT2D eigenvalue weighted by Crippen LogP contribution is -2.44. The molecular weight excluding hydrogens is 460 g/mol. The third kappa shape index (κ3) is 5.05. The van der Waals surface area contributed by atoms with E-state index in [9.17, 15) is 14.4 Å². The van der Waals surface area contributed by atoms with Crippen LogP contribution in [0.5, 0.6) is 0 Å². The minimum Gasteiger partial charge on any atom is -0.462 e. The first kappa shape index (κ1) is 22.5. The number of hydrogen-bond acceptors (Lipinski definition) is 7. The lowest BCUT2D eigenvalue weighted by atomic mass is 10.1. The van der Waals surface area contributed by atoms with Crippen molar-refractivity contribution >= 4 is 52.2 Å². The van der Waals surface area contributed by atoms with Crippen LogP contribution in [-0.4, -0.2) is 33.7 Å². The van der Waals surface area contributed by atoms with Crippen LogP contribution in [0.3, 0.4) is 0 Å². The van der Waals surface area contributed by atoms with Crippen molar-refractivity contribution < 1.29 is 23.5 Å². The van der Waals surface area contributed by atoms with Crippen LogP contribution in [0.4, 0.5) is 0 Å². The second-order valence-electron chi connectivity index (χ2n) is 6.82. The Hall–Kier alpha value is -3.69. The molecule has 1 aliphatic rings. The van der Waals surface area contributed by atoms with Gasteiger partial charge in [-0.25, -0.2) is 4.79 Å². The molecule has 0 radical (unpaired) electrons. The summed E-state index contributed by atoms with van der Waals surface area (Å²) in [5.74, 6) is -0.227. The van der Waals surface area contributed by atoms with E-state index >= 15 is 0 Å². The molecule has 0 bridgehead atoms. The molecule has 33 heavy (non-hydrogen) atoms. The van der Waals surface area contributed by atoms with Crippen LogP contribution in [0, 0.1) is 0 Å². The average molecular weight is 479 g/mol. The van der Waals surface area contributed by atoms with Gasteiger partial charge in [0.15, 0.2) is 4.32 Å². The lowest BCUT2D eigenvalue weighted by molar-refractivity contribution is -0.123. The summed E-state index contributed by atoms with van der Waals surface area (Å²) in [7, 11) is 0. The summed E-state index contributed by atoms with van der Waals surface area (Å²) in [5, 5.41) is 1.05. The highest BCUT2D eigenvalue weighted by Gasteiger charge is 2.34. The first-order valence-corrected chi connectivity index (χ1v) is 11.2. The Kier molecular flexibility index (Phi) is 6.71. The summed E-state index contributed by atoms with van der Waals surface area (Å²) >= 11 is 6.33. The van der Waals surface area contributed by atoms with Crippen LogP contribution < -0.4 is 5.43 Å². The third-order valence-electron chi connectivity index (χ3n) is 4.62. The van der Waals surface area contributed by atoms with Gasteiger partial charge in [-0.05, 0) is 55.5 Å².